The smallest absolute Gasteiger partial charge is 0.240 e. The number of hydrogen-bond acceptors (Lipinski definition) is 3. The number of likely N-dealkylation sites (tertiary alicyclic amines) is 1. The molecule has 19 heavy (non-hydrogen) atoms. The van der Waals surface area contributed by atoms with E-state index in [0.29, 0.717) is 18.0 Å². The Balaban J connectivity index is 1.95. The summed E-state index contributed by atoms with van der Waals surface area (Å²) in [7, 11) is 0. The zero-order chi connectivity index (χ0) is 13.8. The third-order valence-corrected chi connectivity index (χ3v) is 4.59. The van der Waals surface area contributed by atoms with Gasteiger partial charge in [-0.05, 0) is 25.0 Å². The number of rotatable bonds is 4. The van der Waals surface area contributed by atoms with Crippen LogP contribution in [0.3, 0.4) is 0 Å². The molecular weight excluding hydrogens is 284 g/mol. The Morgan fingerprint density at radius 3 is 2.84 bits per heavy atom. The van der Waals surface area contributed by atoms with Crippen molar-refractivity contribution in [1.29, 1.82) is 0 Å². The lowest BCUT2D eigenvalue weighted by Gasteiger charge is -2.22. The summed E-state index contributed by atoms with van der Waals surface area (Å²) in [4.78, 5) is 25.8. The highest BCUT2D eigenvalue weighted by Gasteiger charge is 2.32. The lowest BCUT2D eigenvalue weighted by Crippen LogP contribution is -2.44. The standard InChI is InChI=1S/C13H15ClN2O2S/c14-9-4-1-2-6-11(9)19-8-12(17)16-7-3-5-10(16)13(15)18/h1-2,4,6,10H,3,5,7-8H2,(H2,15,18)/t10-/m1/s1. The molecule has 2 rings (SSSR count). The molecule has 1 fully saturated rings. The first-order chi connectivity index (χ1) is 9.09. The van der Waals surface area contributed by atoms with Gasteiger partial charge in [0.2, 0.25) is 11.8 Å². The second-order valence-corrected chi connectivity index (χ2v) is 5.79. The largest absolute Gasteiger partial charge is 0.368 e. The van der Waals surface area contributed by atoms with Gasteiger partial charge in [0.15, 0.2) is 0 Å². The molecule has 102 valence electrons. The molecule has 0 saturated carbocycles. The van der Waals surface area contributed by atoms with Crippen LogP contribution >= 0.6 is 23.4 Å². The van der Waals surface area contributed by atoms with Crippen LogP contribution in [0.15, 0.2) is 29.2 Å². The summed E-state index contributed by atoms with van der Waals surface area (Å²) in [5.74, 6) is -0.215. The van der Waals surface area contributed by atoms with E-state index in [4.69, 9.17) is 17.3 Å². The Hall–Kier alpha value is -1.20. The molecule has 1 atom stereocenters. The summed E-state index contributed by atoms with van der Waals surface area (Å²) < 4.78 is 0. The summed E-state index contributed by atoms with van der Waals surface area (Å²) in [6.07, 6.45) is 1.49. The van der Waals surface area contributed by atoms with Gasteiger partial charge >= 0.3 is 0 Å². The summed E-state index contributed by atoms with van der Waals surface area (Å²) in [6.45, 7) is 0.607. The van der Waals surface area contributed by atoms with Gasteiger partial charge in [0, 0.05) is 11.4 Å². The molecule has 0 spiro atoms. The van der Waals surface area contributed by atoms with Crippen molar-refractivity contribution < 1.29 is 9.59 Å². The van der Waals surface area contributed by atoms with Gasteiger partial charge in [0.25, 0.3) is 0 Å². The van der Waals surface area contributed by atoms with Gasteiger partial charge < -0.3 is 10.6 Å². The number of benzene rings is 1. The third-order valence-electron chi connectivity index (χ3n) is 3.09. The van der Waals surface area contributed by atoms with Crippen molar-refractivity contribution in [3.05, 3.63) is 29.3 Å². The average molecular weight is 299 g/mol. The lowest BCUT2D eigenvalue weighted by atomic mass is 10.2. The van der Waals surface area contributed by atoms with E-state index >= 15 is 0 Å². The molecule has 2 N–H and O–H groups in total. The minimum atomic E-state index is -0.445. The minimum absolute atomic E-state index is 0.0637. The van der Waals surface area contributed by atoms with Crippen LogP contribution in [0.5, 0.6) is 0 Å². The van der Waals surface area contributed by atoms with Crippen molar-refractivity contribution >= 4 is 35.2 Å². The molecule has 2 amide bonds. The van der Waals surface area contributed by atoms with E-state index in [1.165, 1.54) is 11.8 Å². The van der Waals surface area contributed by atoms with Crippen molar-refractivity contribution in [3.8, 4) is 0 Å². The van der Waals surface area contributed by atoms with Crippen LogP contribution in [0.25, 0.3) is 0 Å². The van der Waals surface area contributed by atoms with Crippen molar-refractivity contribution in [2.24, 2.45) is 5.73 Å². The van der Waals surface area contributed by atoms with Gasteiger partial charge in [-0.3, -0.25) is 9.59 Å². The zero-order valence-corrected chi connectivity index (χ0v) is 11.9. The van der Waals surface area contributed by atoms with Crippen LogP contribution in [-0.4, -0.2) is 35.1 Å². The number of carbonyl (C=O) groups is 2. The molecule has 0 aliphatic carbocycles. The van der Waals surface area contributed by atoms with E-state index < -0.39 is 11.9 Å². The molecule has 0 radical (unpaired) electrons. The fourth-order valence-corrected chi connectivity index (χ4v) is 3.27. The number of nitrogens with two attached hydrogens (primary N) is 1. The first-order valence-corrected chi connectivity index (χ1v) is 7.42. The van der Waals surface area contributed by atoms with Crippen LogP contribution in [0.1, 0.15) is 12.8 Å². The second-order valence-electron chi connectivity index (χ2n) is 4.37. The van der Waals surface area contributed by atoms with E-state index in [1.54, 1.807) is 11.0 Å². The fraction of sp³-hybridized carbons (Fsp3) is 0.385. The number of amides is 2. The highest BCUT2D eigenvalue weighted by molar-refractivity contribution is 8.00. The van der Waals surface area contributed by atoms with Crippen molar-refractivity contribution in [2.45, 2.75) is 23.8 Å². The summed E-state index contributed by atoms with van der Waals surface area (Å²) in [5, 5.41) is 0.633. The topological polar surface area (TPSA) is 63.4 Å². The number of thioether (sulfide) groups is 1. The van der Waals surface area contributed by atoms with Gasteiger partial charge in [0.05, 0.1) is 10.8 Å². The first-order valence-electron chi connectivity index (χ1n) is 6.05. The number of nitrogens with zero attached hydrogens (tertiary/aromatic N) is 1. The zero-order valence-electron chi connectivity index (χ0n) is 10.3. The number of hydrogen-bond donors (Lipinski definition) is 1. The van der Waals surface area contributed by atoms with Crippen molar-refractivity contribution in [3.63, 3.8) is 0 Å². The maximum absolute atomic E-state index is 12.1. The lowest BCUT2D eigenvalue weighted by molar-refractivity contribution is -0.135. The highest BCUT2D eigenvalue weighted by Crippen LogP contribution is 2.27. The van der Waals surface area contributed by atoms with Gasteiger partial charge in [-0.2, -0.15) is 0 Å². The van der Waals surface area contributed by atoms with E-state index in [1.807, 2.05) is 18.2 Å². The predicted octanol–water partition coefficient (Wildman–Crippen LogP) is 1.91. The molecule has 0 unspecified atom stereocenters. The molecule has 0 bridgehead atoms. The molecule has 4 nitrogen and oxygen atoms in total. The summed E-state index contributed by atoms with van der Waals surface area (Å²) >= 11 is 7.41. The van der Waals surface area contributed by atoms with Crippen LogP contribution in [0.2, 0.25) is 5.02 Å². The number of halogens is 1. The number of primary amides is 1. The molecule has 1 saturated heterocycles. The monoisotopic (exact) mass is 298 g/mol. The molecular formula is C13H15ClN2O2S. The van der Waals surface area contributed by atoms with Gasteiger partial charge in [-0.1, -0.05) is 23.7 Å². The van der Waals surface area contributed by atoms with Crippen LogP contribution < -0.4 is 5.73 Å². The predicted molar refractivity (Wildman–Crippen MR) is 76.1 cm³/mol. The van der Waals surface area contributed by atoms with Crippen LogP contribution in [-0.2, 0) is 9.59 Å². The summed E-state index contributed by atoms with van der Waals surface area (Å²) in [5.41, 5.74) is 5.30. The quantitative estimate of drug-likeness (QED) is 0.864. The maximum Gasteiger partial charge on any atom is 0.240 e. The SMILES string of the molecule is NC(=O)[C@H]1CCCN1C(=O)CSc1ccccc1Cl. The average Bonchev–Trinajstić information content (AvgIpc) is 2.87. The van der Waals surface area contributed by atoms with E-state index in [0.717, 1.165) is 11.3 Å². The fourth-order valence-electron chi connectivity index (χ4n) is 2.15. The molecule has 1 aliphatic rings. The van der Waals surface area contributed by atoms with E-state index in [9.17, 15) is 9.59 Å². The van der Waals surface area contributed by atoms with Gasteiger partial charge in [-0.25, -0.2) is 0 Å². The molecule has 6 heteroatoms. The highest BCUT2D eigenvalue weighted by atomic mass is 35.5. The van der Waals surface area contributed by atoms with Crippen molar-refractivity contribution in [2.75, 3.05) is 12.3 Å². The van der Waals surface area contributed by atoms with Gasteiger partial charge in [0.1, 0.15) is 6.04 Å². The molecule has 1 aromatic rings. The van der Waals surface area contributed by atoms with Crippen molar-refractivity contribution in [1.82, 2.24) is 4.90 Å². The van der Waals surface area contributed by atoms with E-state index in [2.05, 4.69) is 0 Å². The minimum Gasteiger partial charge on any atom is -0.368 e. The molecule has 0 aromatic heterocycles. The third kappa shape index (κ3) is 3.42. The normalized spacial score (nSPS) is 18.6. The molecule has 1 heterocycles. The van der Waals surface area contributed by atoms with Crippen LogP contribution in [0, 0.1) is 0 Å². The Bertz CT molecular complexity index is 495. The Morgan fingerprint density at radius 2 is 2.16 bits per heavy atom. The Kier molecular flexibility index (Phi) is 4.71. The Labute approximate surface area is 121 Å². The number of carbonyl (C=O) groups excluding carboxylic acids is 2. The van der Waals surface area contributed by atoms with Gasteiger partial charge in [-0.15, -0.1) is 11.8 Å². The first kappa shape index (κ1) is 14.2. The van der Waals surface area contributed by atoms with Crippen LogP contribution in [0.4, 0.5) is 0 Å². The molecule has 1 aromatic carbocycles. The maximum atomic E-state index is 12.1. The molecule has 1 aliphatic heterocycles. The summed E-state index contributed by atoms with van der Waals surface area (Å²) in [6, 6.07) is 6.93. The Morgan fingerprint density at radius 1 is 1.42 bits per heavy atom. The van der Waals surface area contributed by atoms with E-state index in [-0.39, 0.29) is 11.7 Å². The second kappa shape index (κ2) is 6.30.